The fourth-order valence-electron chi connectivity index (χ4n) is 4.14. The molecule has 1 amide bonds. The first kappa shape index (κ1) is 22.1. The molecule has 5 rings (SSSR count). The van der Waals surface area contributed by atoms with Crippen LogP contribution < -0.4 is 10.2 Å². The number of nitrogens with one attached hydrogen (secondary N) is 1. The van der Waals surface area contributed by atoms with Crippen molar-refractivity contribution in [1.82, 2.24) is 19.7 Å². The highest BCUT2D eigenvalue weighted by Crippen LogP contribution is 2.26. The van der Waals surface area contributed by atoms with Crippen LogP contribution in [0.4, 0.5) is 5.69 Å². The van der Waals surface area contributed by atoms with E-state index in [0.717, 1.165) is 37.3 Å². The molecule has 1 aliphatic rings. The van der Waals surface area contributed by atoms with E-state index in [4.69, 9.17) is 0 Å². The van der Waals surface area contributed by atoms with Crippen molar-refractivity contribution in [2.24, 2.45) is 0 Å². The molecular formula is C25H25N5O3S. The maximum atomic E-state index is 13.2. The number of imidazole rings is 1. The van der Waals surface area contributed by atoms with Crippen LogP contribution in [-0.2, 0) is 16.4 Å². The minimum atomic E-state index is -3.69. The highest BCUT2D eigenvalue weighted by Gasteiger charge is 2.20. The Morgan fingerprint density at radius 3 is 2.62 bits per heavy atom. The van der Waals surface area contributed by atoms with Crippen molar-refractivity contribution >= 4 is 27.1 Å². The van der Waals surface area contributed by atoms with Gasteiger partial charge in [-0.05, 0) is 61.7 Å². The van der Waals surface area contributed by atoms with Gasteiger partial charge in [0.05, 0.1) is 27.6 Å². The number of anilines is 1. The van der Waals surface area contributed by atoms with Crippen molar-refractivity contribution in [2.45, 2.75) is 35.6 Å². The third kappa shape index (κ3) is 4.51. The molecule has 0 atom stereocenters. The van der Waals surface area contributed by atoms with Gasteiger partial charge in [0.25, 0.3) is 5.91 Å². The second kappa shape index (κ2) is 9.26. The molecule has 0 aliphatic carbocycles. The quantitative estimate of drug-likeness (QED) is 0.459. The molecule has 1 saturated heterocycles. The fourth-order valence-corrected chi connectivity index (χ4v) is 5.38. The van der Waals surface area contributed by atoms with Gasteiger partial charge in [-0.25, -0.2) is 13.4 Å². The number of nitrogens with zero attached hydrogens (tertiary/aromatic N) is 4. The van der Waals surface area contributed by atoms with Gasteiger partial charge in [0.1, 0.15) is 5.65 Å². The molecule has 1 N–H and O–H groups in total. The monoisotopic (exact) mass is 475 g/mol. The molecule has 0 spiro atoms. The van der Waals surface area contributed by atoms with E-state index in [1.165, 1.54) is 18.7 Å². The number of hydrogen-bond donors (Lipinski definition) is 1. The number of carbonyl (C=O) groups excluding carboxylic acids is 1. The summed E-state index contributed by atoms with van der Waals surface area (Å²) in [5.74, 6) is -0.247. The number of rotatable bonds is 6. The van der Waals surface area contributed by atoms with E-state index in [9.17, 15) is 13.2 Å². The summed E-state index contributed by atoms with van der Waals surface area (Å²) < 4.78 is 28.1. The Balaban J connectivity index is 1.27. The van der Waals surface area contributed by atoms with Crippen LogP contribution in [0.1, 0.15) is 35.3 Å². The summed E-state index contributed by atoms with van der Waals surface area (Å²) in [7, 11) is -3.69. The number of piperidine rings is 1. The zero-order valence-electron chi connectivity index (χ0n) is 18.6. The van der Waals surface area contributed by atoms with E-state index >= 15 is 0 Å². The van der Waals surface area contributed by atoms with Crippen LogP contribution in [0.25, 0.3) is 5.65 Å². The van der Waals surface area contributed by atoms with Crippen molar-refractivity contribution in [1.29, 1.82) is 0 Å². The number of aromatic nitrogens is 3. The van der Waals surface area contributed by atoms with E-state index in [0.29, 0.717) is 11.3 Å². The minimum absolute atomic E-state index is 0.129. The maximum Gasteiger partial charge on any atom is 0.253 e. The van der Waals surface area contributed by atoms with Gasteiger partial charge in [-0.2, -0.15) is 0 Å². The van der Waals surface area contributed by atoms with Gasteiger partial charge in [-0.1, -0.05) is 6.07 Å². The summed E-state index contributed by atoms with van der Waals surface area (Å²) in [6.07, 6.45) is 9.96. The SMILES string of the molecule is O=C(NCc1ccc(S(=O)(=O)c2cccc(N3CCCCC3)c2)cn1)c1ccc2nccn2c1. The lowest BCUT2D eigenvalue weighted by atomic mass is 10.1. The second-order valence-corrected chi connectivity index (χ2v) is 10.3. The molecule has 0 saturated carbocycles. The second-order valence-electron chi connectivity index (χ2n) is 8.33. The van der Waals surface area contributed by atoms with Crippen LogP contribution >= 0.6 is 0 Å². The van der Waals surface area contributed by atoms with Gasteiger partial charge < -0.3 is 14.6 Å². The predicted molar refractivity (Wildman–Crippen MR) is 129 cm³/mol. The average molecular weight is 476 g/mol. The smallest absolute Gasteiger partial charge is 0.253 e. The van der Waals surface area contributed by atoms with Crippen LogP contribution in [0.15, 0.2) is 83.1 Å². The molecule has 0 unspecified atom stereocenters. The van der Waals surface area contributed by atoms with Gasteiger partial charge in [-0.3, -0.25) is 9.78 Å². The molecule has 8 nitrogen and oxygen atoms in total. The Morgan fingerprint density at radius 2 is 1.82 bits per heavy atom. The molecule has 0 radical (unpaired) electrons. The number of hydrogen-bond acceptors (Lipinski definition) is 6. The molecule has 4 heterocycles. The first-order valence-electron chi connectivity index (χ1n) is 11.3. The summed E-state index contributed by atoms with van der Waals surface area (Å²) in [6.45, 7) is 2.08. The van der Waals surface area contributed by atoms with Gasteiger partial charge in [0, 0.05) is 43.6 Å². The molecule has 1 aromatic carbocycles. The number of amides is 1. The number of benzene rings is 1. The first-order valence-corrected chi connectivity index (χ1v) is 12.7. The summed E-state index contributed by atoms with van der Waals surface area (Å²) in [5, 5.41) is 2.82. The summed E-state index contributed by atoms with van der Waals surface area (Å²) in [6, 6.07) is 13.7. The van der Waals surface area contributed by atoms with E-state index in [-0.39, 0.29) is 22.2 Å². The van der Waals surface area contributed by atoms with Gasteiger partial charge in [0.15, 0.2) is 0 Å². The van der Waals surface area contributed by atoms with Crippen molar-refractivity contribution in [3.63, 3.8) is 0 Å². The fraction of sp³-hybridized carbons (Fsp3) is 0.240. The summed E-state index contributed by atoms with van der Waals surface area (Å²) in [4.78, 5) is 23.5. The molecular weight excluding hydrogens is 450 g/mol. The summed E-state index contributed by atoms with van der Waals surface area (Å²) >= 11 is 0. The van der Waals surface area contributed by atoms with Crippen LogP contribution in [-0.4, -0.2) is 41.8 Å². The van der Waals surface area contributed by atoms with Gasteiger partial charge >= 0.3 is 0 Å². The Kier molecular flexibility index (Phi) is 6.02. The van der Waals surface area contributed by atoms with Crippen molar-refractivity contribution in [2.75, 3.05) is 18.0 Å². The lowest BCUT2D eigenvalue weighted by molar-refractivity contribution is 0.0950. The van der Waals surface area contributed by atoms with Crippen molar-refractivity contribution < 1.29 is 13.2 Å². The topological polar surface area (TPSA) is 96.7 Å². The Labute approximate surface area is 198 Å². The van der Waals surface area contributed by atoms with Crippen LogP contribution in [0.3, 0.4) is 0 Å². The molecule has 174 valence electrons. The van der Waals surface area contributed by atoms with E-state index in [1.807, 2.05) is 6.07 Å². The number of sulfone groups is 1. The van der Waals surface area contributed by atoms with Gasteiger partial charge in [-0.15, -0.1) is 0 Å². The van der Waals surface area contributed by atoms with Crippen molar-refractivity contribution in [3.8, 4) is 0 Å². The summed E-state index contributed by atoms with van der Waals surface area (Å²) in [5.41, 5.74) is 2.76. The molecule has 0 bridgehead atoms. The Morgan fingerprint density at radius 1 is 0.971 bits per heavy atom. The zero-order valence-corrected chi connectivity index (χ0v) is 19.4. The number of fused-ring (bicyclic) bond motifs is 1. The minimum Gasteiger partial charge on any atom is -0.372 e. The third-order valence-corrected chi connectivity index (χ3v) is 7.77. The molecule has 1 aliphatic heterocycles. The first-order chi connectivity index (χ1) is 16.5. The molecule has 4 aromatic rings. The lowest BCUT2D eigenvalue weighted by Crippen LogP contribution is -2.29. The van der Waals surface area contributed by atoms with Crippen LogP contribution in [0, 0.1) is 0 Å². The lowest BCUT2D eigenvalue weighted by Gasteiger charge is -2.29. The third-order valence-electron chi connectivity index (χ3n) is 6.04. The van der Waals surface area contributed by atoms with Crippen LogP contribution in [0.2, 0.25) is 0 Å². The van der Waals surface area contributed by atoms with E-state index in [1.54, 1.807) is 59.4 Å². The van der Waals surface area contributed by atoms with Crippen molar-refractivity contribution in [3.05, 3.63) is 84.6 Å². The number of carbonyl (C=O) groups is 1. The van der Waals surface area contributed by atoms with E-state index < -0.39 is 9.84 Å². The largest absolute Gasteiger partial charge is 0.372 e. The highest BCUT2D eigenvalue weighted by atomic mass is 32.2. The standard InChI is InChI=1S/C25H25N5O3S/c31-25(19-7-10-24-26-11-14-30(24)18-19)28-16-20-8-9-23(17-27-20)34(32,33)22-6-4-5-21(15-22)29-12-2-1-3-13-29/h4-11,14-15,17-18H,1-3,12-13,16H2,(H,28,31). The highest BCUT2D eigenvalue weighted by molar-refractivity contribution is 7.91. The number of pyridine rings is 2. The average Bonchev–Trinajstić information content (AvgIpc) is 3.36. The normalized spacial score (nSPS) is 14.3. The molecule has 34 heavy (non-hydrogen) atoms. The van der Waals surface area contributed by atoms with E-state index in [2.05, 4.69) is 20.2 Å². The molecule has 9 heteroatoms. The molecule has 1 fully saturated rings. The maximum absolute atomic E-state index is 13.2. The predicted octanol–water partition coefficient (Wildman–Crippen LogP) is 3.48. The van der Waals surface area contributed by atoms with Gasteiger partial charge in [0.2, 0.25) is 9.84 Å². The Hall–Kier alpha value is -3.72. The van der Waals surface area contributed by atoms with Crippen LogP contribution in [0.5, 0.6) is 0 Å². The zero-order chi connectivity index (χ0) is 23.5. The Bertz CT molecular complexity index is 1420. The molecule has 3 aromatic heterocycles.